The van der Waals surface area contributed by atoms with Crippen LogP contribution in [0.15, 0.2) is 36.4 Å². The van der Waals surface area contributed by atoms with Gasteiger partial charge in [0.15, 0.2) is 0 Å². The summed E-state index contributed by atoms with van der Waals surface area (Å²) in [5, 5.41) is 12.9. The van der Waals surface area contributed by atoms with Gasteiger partial charge >= 0.3 is 7.12 Å². The number of nitriles is 1. The predicted octanol–water partition coefficient (Wildman–Crippen LogP) is 4.80. The Bertz CT molecular complexity index is 1260. The van der Waals surface area contributed by atoms with E-state index in [1.807, 2.05) is 52.0 Å². The fourth-order valence-corrected chi connectivity index (χ4v) is 6.03. The first kappa shape index (κ1) is 26.9. The van der Waals surface area contributed by atoms with E-state index in [1.165, 1.54) is 12.1 Å². The van der Waals surface area contributed by atoms with E-state index in [1.54, 1.807) is 6.07 Å². The first-order valence-electron chi connectivity index (χ1n) is 13.8. The van der Waals surface area contributed by atoms with Crippen LogP contribution in [0.2, 0.25) is 0 Å². The molecule has 0 saturated carbocycles. The van der Waals surface area contributed by atoms with Crippen LogP contribution in [0.5, 0.6) is 0 Å². The van der Waals surface area contributed by atoms with Crippen LogP contribution in [0, 0.1) is 17.1 Å². The first-order chi connectivity index (χ1) is 18.1. The summed E-state index contributed by atoms with van der Waals surface area (Å²) in [6.45, 7) is 11.1. The number of nitrogens with zero attached hydrogens (tertiary/aromatic N) is 2. The van der Waals surface area contributed by atoms with Crippen LogP contribution in [0.3, 0.4) is 0 Å². The number of carbonyl (C=O) groups excluding carboxylic acids is 1. The molecule has 3 heterocycles. The van der Waals surface area contributed by atoms with Crippen LogP contribution in [0.25, 0.3) is 11.1 Å². The Kier molecular flexibility index (Phi) is 7.15. The molecule has 0 unspecified atom stereocenters. The van der Waals surface area contributed by atoms with Gasteiger partial charge < -0.3 is 19.5 Å². The molecule has 2 aromatic carbocycles. The topological polar surface area (TPSA) is 74.6 Å². The van der Waals surface area contributed by atoms with Gasteiger partial charge in [0, 0.05) is 23.7 Å². The lowest BCUT2D eigenvalue weighted by atomic mass is 9.73. The van der Waals surface area contributed by atoms with Gasteiger partial charge in [-0.05, 0) is 101 Å². The summed E-state index contributed by atoms with van der Waals surface area (Å²) in [4.78, 5) is 16.0. The maximum atomic E-state index is 14.7. The summed E-state index contributed by atoms with van der Waals surface area (Å²) in [5.74, 6) is -0.590. The Morgan fingerprint density at radius 3 is 2.55 bits per heavy atom. The lowest BCUT2D eigenvalue weighted by Crippen LogP contribution is -2.43. The predicted molar refractivity (Wildman–Crippen MR) is 147 cm³/mol. The highest BCUT2D eigenvalue weighted by Crippen LogP contribution is 2.40. The van der Waals surface area contributed by atoms with Gasteiger partial charge in [0.2, 0.25) is 0 Å². The van der Waals surface area contributed by atoms with E-state index in [2.05, 4.69) is 17.1 Å². The summed E-state index contributed by atoms with van der Waals surface area (Å²) < 4.78 is 27.4. The lowest BCUT2D eigenvalue weighted by molar-refractivity contribution is 0.00578. The van der Waals surface area contributed by atoms with Gasteiger partial charge in [0.05, 0.1) is 16.8 Å². The minimum atomic E-state index is -0.673. The molecule has 1 N–H and O–H groups in total. The zero-order valence-corrected chi connectivity index (χ0v) is 23.0. The summed E-state index contributed by atoms with van der Waals surface area (Å²) in [6.07, 6.45) is 5.30. The van der Waals surface area contributed by atoms with Crippen LogP contribution in [-0.4, -0.2) is 53.8 Å². The van der Waals surface area contributed by atoms with Gasteiger partial charge in [-0.25, -0.2) is 4.39 Å². The van der Waals surface area contributed by atoms with Gasteiger partial charge in [-0.2, -0.15) is 5.26 Å². The largest absolute Gasteiger partial charge is 0.495 e. The van der Waals surface area contributed by atoms with Gasteiger partial charge in [-0.1, -0.05) is 25.5 Å². The van der Waals surface area contributed by atoms with E-state index in [4.69, 9.17) is 9.31 Å². The average Bonchev–Trinajstić information content (AvgIpc) is 3.51. The number of nitrogens with one attached hydrogen (secondary N) is 1. The lowest BCUT2D eigenvalue weighted by Gasteiger charge is -2.32. The quantitative estimate of drug-likeness (QED) is 0.422. The molecule has 0 radical (unpaired) electrons. The molecule has 0 spiro atoms. The zero-order valence-electron chi connectivity index (χ0n) is 23.0. The number of unbranched alkanes of at least 4 members (excludes halogenated alkanes) is 1. The maximum absolute atomic E-state index is 14.7. The Balaban J connectivity index is 1.50. The second-order valence-corrected chi connectivity index (χ2v) is 11.9. The Labute approximate surface area is 225 Å². The van der Waals surface area contributed by atoms with Crippen molar-refractivity contribution in [3.63, 3.8) is 0 Å². The van der Waals surface area contributed by atoms with Crippen LogP contribution in [0.1, 0.15) is 82.6 Å². The molecule has 200 valence electrons. The van der Waals surface area contributed by atoms with Crippen LogP contribution in [-0.2, 0) is 9.31 Å². The van der Waals surface area contributed by atoms with E-state index < -0.39 is 24.1 Å². The molecule has 38 heavy (non-hydrogen) atoms. The number of amides is 1. The number of fused-ring (bicyclic) bond motifs is 2. The molecule has 2 aromatic rings. The first-order valence-corrected chi connectivity index (χ1v) is 13.8. The van der Waals surface area contributed by atoms with E-state index >= 15 is 0 Å². The van der Waals surface area contributed by atoms with Crippen molar-refractivity contribution in [1.82, 2.24) is 10.2 Å². The molecule has 6 nitrogen and oxygen atoms in total. The Morgan fingerprint density at radius 1 is 1.16 bits per heavy atom. The van der Waals surface area contributed by atoms with Crippen molar-refractivity contribution in [2.75, 3.05) is 6.54 Å². The minimum absolute atomic E-state index is 0.00752. The molecule has 0 aromatic heterocycles. The van der Waals surface area contributed by atoms with Gasteiger partial charge in [-0.15, -0.1) is 0 Å². The second kappa shape index (κ2) is 10.1. The standard InChI is InChI=1S/C30H37BFN3O3/c1-6-7-14-34-26-17-22-11-13-27(26)35(22)28(36)20-10-12-24(31-37-29(2,3)30(4,5)38-31)23(15-20)19-8-9-21(18-33)25(32)16-19/h8-10,12,15-16,22,26-27,34H,6-7,11,13-14,17H2,1-5H3/t22-,26+,27+/m1/s1. The molecule has 3 saturated heterocycles. The normalized spacial score (nSPS) is 25.1. The van der Waals surface area contributed by atoms with Crippen molar-refractivity contribution in [1.29, 1.82) is 5.26 Å². The number of hydrogen-bond acceptors (Lipinski definition) is 5. The number of halogens is 1. The molecule has 0 aliphatic carbocycles. The number of carbonyl (C=O) groups is 1. The fourth-order valence-electron chi connectivity index (χ4n) is 6.03. The number of benzene rings is 2. The molecule has 3 aliphatic heterocycles. The molecule has 8 heteroatoms. The molecule has 2 bridgehead atoms. The van der Waals surface area contributed by atoms with Crippen molar-refractivity contribution in [3.8, 4) is 17.2 Å². The van der Waals surface area contributed by atoms with E-state index in [0.717, 1.165) is 44.1 Å². The zero-order chi connectivity index (χ0) is 27.2. The summed E-state index contributed by atoms with van der Waals surface area (Å²) in [6, 6.07) is 12.7. The van der Waals surface area contributed by atoms with Gasteiger partial charge in [0.1, 0.15) is 11.9 Å². The summed E-state index contributed by atoms with van der Waals surface area (Å²) >= 11 is 0. The monoisotopic (exact) mass is 517 g/mol. The van der Waals surface area contributed by atoms with E-state index in [9.17, 15) is 14.4 Å². The van der Waals surface area contributed by atoms with Crippen molar-refractivity contribution < 1.29 is 18.5 Å². The molecular weight excluding hydrogens is 480 g/mol. The molecular formula is C30H37BFN3O3. The third-order valence-corrected chi connectivity index (χ3v) is 8.92. The maximum Gasteiger partial charge on any atom is 0.495 e. The molecule has 3 aliphatic rings. The van der Waals surface area contributed by atoms with Gasteiger partial charge in [0.25, 0.3) is 5.91 Å². The van der Waals surface area contributed by atoms with Crippen LogP contribution >= 0.6 is 0 Å². The smallest absolute Gasteiger partial charge is 0.399 e. The Morgan fingerprint density at radius 2 is 1.89 bits per heavy atom. The van der Waals surface area contributed by atoms with Crippen molar-refractivity contribution in [2.24, 2.45) is 0 Å². The van der Waals surface area contributed by atoms with Crippen molar-refractivity contribution in [2.45, 2.75) is 96.1 Å². The summed E-state index contributed by atoms with van der Waals surface area (Å²) in [5.41, 5.74) is 1.42. The van der Waals surface area contributed by atoms with E-state index in [0.29, 0.717) is 22.7 Å². The van der Waals surface area contributed by atoms with Crippen molar-refractivity contribution in [3.05, 3.63) is 53.3 Å². The SMILES string of the molecule is CCCCN[C@H]1C[C@H]2CC[C@@H]1N2C(=O)c1ccc(B2OC(C)(C)C(C)(C)O2)c(-c2ccc(C#N)c(F)c2)c1. The molecule has 3 atom stereocenters. The highest BCUT2D eigenvalue weighted by molar-refractivity contribution is 6.64. The van der Waals surface area contributed by atoms with Crippen molar-refractivity contribution >= 4 is 18.5 Å². The fraction of sp³-hybridized carbons (Fsp3) is 0.533. The number of hydrogen-bond donors (Lipinski definition) is 1. The third-order valence-electron chi connectivity index (χ3n) is 8.92. The Hall–Kier alpha value is -2.73. The number of rotatable bonds is 7. The highest BCUT2D eigenvalue weighted by atomic mass is 19.1. The average molecular weight is 517 g/mol. The highest BCUT2D eigenvalue weighted by Gasteiger charge is 2.52. The molecule has 1 amide bonds. The van der Waals surface area contributed by atoms with Gasteiger partial charge in [-0.3, -0.25) is 4.79 Å². The molecule has 3 fully saturated rings. The third kappa shape index (κ3) is 4.66. The minimum Gasteiger partial charge on any atom is -0.399 e. The second-order valence-electron chi connectivity index (χ2n) is 11.9. The van der Waals surface area contributed by atoms with Crippen LogP contribution < -0.4 is 10.8 Å². The molecule has 5 rings (SSSR count). The summed E-state index contributed by atoms with van der Waals surface area (Å²) in [7, 11) is -0.673. The van der Waals surface area contributed by atoms with E-state index in [-0.39, 0.29) is 23.6 Å². The van der Waals surface area contributed by atoms with Crippen LogP contribution in [0.4, 0.5) is 4.39 Å².